The smallest absolute Gasteiger partial charge is 0.0734 e. The average Bonchev–Trinajstić information content (AvgIpc) is 2.40. The molecule has 0 saturated carbocycles. The fourth-order valence-electron chi connectivity index (χ4n) is 1.11. The van der Waals surface area contributed by atoms with Crippen molar-refractivity contribution in [1.29, 1.82) is 0 Å². The lowest BCUT2D eigenvalue weighted by molar-refractivity contribution is 0.00953. The monoisotopic (exact) mass is 174 g/mol. The number of rotatable bonds is 2. The van der Waals surface area contributed by atoms with Crippen LogP contribution in [0.25, 0.3) is 0 Å². The highest BCUT2D eigenvalue weighted by Crippen LogP contribution is 2.02. The van der Waals surface area contributed by atoms with E-state index in [1.807, 2.05) is 13.8 Å². The summed E-state index contributed by atoms with van der Waals surface area (Å²) in [6, 6.07) is 0. The second-order valence-electron chi connectivity index (χ2n) is 3.38. The number of hydrogen-bond donors (Lipinski definition) is 1. The molecule has 1 N–H and O–H groups in total. The van der Waals surface area contributed by atoms with Gasteiger partial charge < -0.3 is 4.90 Å². The Balaban J connectivity index is 0.000000202. The predicted octanol–water partition coefficient (Wildman–Crippen LogP) is 1.26. The third-order valence-electron chi connectivity index (χ3n) is 1.68. The zero-order chi connectivity index (χ0) is 9.40. The summed E-state index contributed by atoms with van der Waals surface area (Å²) in [4.78, 5) is 7.15. The van der Waals surface area contributed by atoms with E-state index in [1.54, 1.807) is 7.05 Å². The van der Waals surface area contributed by atoms with E-state index in [0.717, 1.165) is 0 Å². The van der Waals surface area contributed by atoms with E-state index in [9.17, 15) is 0 Å². The first-order chi connectivity index (χ1) is 5.66. The molecule has 3 heteroatoms. The number of nitrogens with zero attached hydrogens (tertiary/aromatic N) is 1. The van der Waals surface area contributed by atoms with Crippen molar-refractivity contribution in [2.75, 3.05) is 27.2 Å². The van der Waals surface area contributed by atoms with Gasteiger partial charge in [-0.15, -0.1) is 0 Å². The van der Waals surface area contributed by atoms with Crippen LogP contribution in [-0.4, -0.2) is 38.2 Å². The van der Waals surface area contributed by atoms with Crippen LogP contribution in [0.3, 0.4) is 0 Å². The molecule has 1 saturated heterocycles. The van der Waals surface area contributed by atoms with Crippen LogP contribution in [0, 0.1) is 0 Å². The summed E-state index contributed by atoms with van der Waals surface area (Å²) in [6.45, 7) is 6.58. The fraction of sp³-hybridized carbons (Fsp3) is 1.00. The highest BCUT2D eigenvalue weighted by Gasteiger charge is 2.03. The lowest BCUT2D eigenvalue weighted by Crippen LogP contribution is -2.13. The molecule has 1 rings (SSSR count). The molecule has 0 radical (unpaired) electrons. The fourth-order valence-corrected chi connectivity index (χ4v) is 1.11. The van der Waals surface area contributed by atoms with Gasteiger partial charge in [-0.1, -0.05) is 0 Å². The van der Waals surface area contributed by atoms with Gasteiger partial charge in [-0.2, -0.15) is 0 Å². The van der Waals surface area contributed by atoms with E-state index in [0.29, 0.717) is 0 Å². The van der Waals surface area contributed by atoms with Gasteiger partial charge >= 0.3 is 0 Å². The Morgan fingerprint density at radius 2 is 1.75 bits per heavy atom. The van der Waals surface area contributed by atoms with Crippen LogP contribution in [0.5, 0.6) is 0 Å². The number of likely N-dealkylation sites (tertiary alicyclic amines) is 1. The molecule has 0 unspecified atom stereocenters. The van der Waals surface area contributed by atoms with Gasteiger partial charge in [0, 0.05) is 7.05 Å². The van der Waals surface area contributed by atoms with Gasteiger partial charge in [-0.05, 0) is 46.8 Å². The van der Waals surface area contributed by atoms with Crippen LogP contribution in [0.1, 0.15) is 26.7 Å². The van der Waals surface area contributed by atoms with Crippen molar-refractivity contribution in [2.24, 2.45) is 0 Å². The van der Waals surface area contributed by atoms with Gasteiger partial charge in [0.1, 0.15) is 0 Å². The van der Waals surface area contributed by atoms with E-state index >= 15 is 0 Å². The molecule has 12 heavy (non-hydrogen) atoms. The molecule has 0 bridgehead atoms. The summed E-state index contributed by atoms with van der Waals surface area (Å²) in [5.74, 6) is 0. The van der Waals surface area contributed by atoms with Gasteiger partial charge in [0.25, 0.3) is 0 Å². The van der Waals surface area contributed by atoms with Gasteiger partial charge in [0.2, 0.25) is 0 Å². The Morgan fingerprint density at radius 1 is 1.25 bits per heavy atom. The molecule has 0 amide bonds. The zero-order valence-corrected chi connectivity index (χ0v) is 8.76. The molecular weight excluding hydrogens is 152 g/mol. The maximum absolute atomic E-state index is 4.79. The molecule has 0 aliphatic carbocycles. The van der Waals surface area contributed by atoms with E-state index in [2.05, 4.69) is 17.4 Å². The van der Waals surface area contributed by atoms with Gasteiger partial charge in [0.15, 0.2) is 0 Å². The van der Waals surface area contributed by atoms with Crippen LogP contribution < -0.4 is 5.48 Å². The minimum atomic E-state index is 0.287. The third kappa shape index (κ3) is 7.98. The van der Waals surface area contributed by atoms with Gasteiger partial charge in [-0.25, -0.2) is 5.48 Å². The molecule has 0 aromatic heterocycles. The van der Waals surface area contributed by atoms with E-state index < -0.39 is 0 Å². The summed E-state index contributed by atoms with van der Waals surface area (Å²) in [5.41, 5.74) is 2.57. The van der Waals surface area contributed by atoms with E-state index in [1.165, 1.54) is 25.9 Å². The Hall–Kier alpha value is -0.120. The molecule has 74 valence electrons. The largest absolute Gasteiger partial charge is 0.306 e. The maximum Gasteiger partial charge on any atom is 0.0734 e. The summed E-state index contributed by atoms with van der Waals surface area (Å²) in [6.07, 6.45) is 3.11. The molecular formula is C9H22N2O. The standard InChI is InChI=1S/C5H11N.C4H11NO/c1-6-4-2-3-5-6;1-4(2)6-5-3/h2-5H2,1H3;4-5H,1-3H3. The lowest BCUT2D eigenvalue weighted by Gasteiger charge is -2.01. The first-order valence-corrected chi connectivity index (χ1v) is 4.67. The summed E-state index contributed by atoms with van der Waals surface area (Å²) >= 11 is 0. The normalized spacial score (nSPS) is 17.8. The average molecular weight is 174 g/mol. The van der Waals surface area contributed by atoms with Crippen LogP contribution in [0.15, 0.2) is 0 Å². The van der Waals surface area contributed by atoms with Crippen LogP contribution in [-0.2, 0) is 4.84 Å². The lowest BCUT2D eigenvalue weighted by atomic mass is 10.4. The quantitative estimate of drug-likeness (QED) is 0.638. The van der Waals surface area contributed by atoms with Crippen molar-refractivity contribution in [2.45, 2.75) is 32.8 Å². The van der Waals surface area contributed by atoms with E-state index in [-0.39, 0.29) is 6.10 Å². The van der Waals surface area contributed by atoms with Crippen LogP contribution in [0.2, 0.25) is 0 Å². The molecule has 1 aliphatic rings. The molecule has 0 aromatic rings. The van der Waals surface area contributed by atoms with Gasteiger partial charge in [0.05, 0.1) is 6.10 Å². The van der Waals surface area contributed by atoms with Crippen molar-refractivity contribution in [1.82, 2.24) is 10.4 Å². The van der Waals surface area contributed by atoms with E-state index in [4.69, 9.17) is 4.84 Å². The maximum atomic E-state index is 4.79. The minimum Gasteiger partial charge on any atom is -0.306 e. The third-order valence-corrected chi connectivity index (χ3v) is 1.68. The first kappa shape index (κ1) is 11.9. The Bertz CT molecular complexity index is 90.5. The number of nitrogens with one attached hydrogen (secondary N) is 1. The van der Waals surface area contributed by atoms with Crippen molar-refractivity contribution in [3.8, 4) is 0 Å². The van der Waals surface area contributed by atoms with Crippen molar-refractivity contribution >= 4 is 0 Å². The molecule has 0 atom stereocenters. The second-order valence-corrected chi connectivity index (χ2v) is 3.38. The minimum absolute atomic E-state index is 0.287. The van der Waals surface area contributed by atoms with Crippen molar-refractivity contribution in [3.63, 3.8) is 0 Å². The summed E-state index contributed by atoms with van der Waals surface area (Å²) < 4.78 is 0. The molecule has 0 spiro atoms. The highest BCUT2D eigenvalue weighted by atomic mass is 16.6. The second kappa shape index (κ2) is 7.53. The molecule has 1 fully saturated rings. The Kier molecular flexibility index (Phi) is 7.45. The zero-order valence-electron chi connectivity index (χ0n) is 8.76. The molecule has 1 heterocycles. The van der Waals surface area contributed by atoms with Crippen molar-refractivity contribution < 1.29 is 4.84 Å². The highest BCUT2D eigenvalue weighted by molar-refractivity contribution is 4.59. The molecule has 1 aliphatic heterocycles. The topological polar surface area (TPSA) is 24.5 Å². The number of hydroxylamine groups is 1. The Morgan fingerprint density at radius 3 is 1.83 bits per heavy atom. The first-order valence-electron chi connectivity index (χ1n) is 4.67. The summed E-state index contributed by atoms with van der Waals surface area (Å²) in [7, 11) is 3.92. The van der Waals surface area contributed by atoms with Crippen LogP contribution in [0.4, 0.5) is 0 Å². The van der Waals surface area contributed by atoms with Crippen LogP contribution >= 0.6 is 0 Å². The molecule has 0 aromatic carbocycles. The van der Waals surface area contributed by atoms with Crippen molar-refractivity contribution in [3.05, 3.63) is 0 Å². The Labute approximate surface area is 76.0 Å². The summed E-state index contributed by atoms with van der Waals surface area (Å²) in [5, 5.41) is 0. The predicted molar refractivity (Wildman–Crippen MR) is 52.0 cm³/mol. The molecule has 3 nitrogen and oxygen atoms in total. The SMILES string of the molecule is CN1CCCC1.CNOC(C)C. The number of hydrogen-bond acceptors (Lipinski definition) is 3. The van der Waals surface area contributed by atoms with Gasteiger partial charge in [-0.3, -0.25) is 4.84 Å².